The van der Waals surface area contributed by atoms with Crippen LogP contribution in [0, 0.1) is 12.3 Å². The smallest absolute Gasteiger partial charge is 0.236 e. The molecule has 0 spiro atoms. The van der Waals surface area contributed by atoms with Crippen molar-refractivity contribution >= 4 is 17.1 Å². The number of Topliss-reactive ketones (excluding diaryl/α,β-unsaturated/α-hetero) is 1. The number of ketones is 1. The van der Waals surface area contributed by atoms with Gasteiger partial charge >= 0.3 is 0 Å². The highest BCUT2D eigenvalue weighted by molar-refractivity contribution is 7.08. The zero-order valence-corrected chi connectivity index (χ0v) is 5.44. The summed E-state index contributed by atoms with van der Waals surface area (Å²) in [6.07, 6.45) is 4.87. The molecule has 44 valence electrons. The summed E-state index contributed by atoms with van der Waals surface area (Å²) in [7, 11) is 0. The normalized spacial score (nSPS) is 8.33. The molecular weight excluding hydrogens is 132 g/mol. The topological polar surface area (TPSA) is 17.1 Å². The Hall–Kier alpha value is -1.07. The predicted molar refractivity (Wildman–Crippen MR) is 37.5 cm³/mol. The lowest BCUT2D eigenvalue weighted by Gasteiger charge is -1.79. The lowest BCUT2D eigenvalue weighted by Crippen LogP contribution is -1.89. The van der Waals surface area contributed by atoms with Gasteiger partial charge in [0.1, 0.15) is 0 Å². The quantitative estimate of drug-likeness (QED) is 0.325. The molecule has 2 heteroatoms. The Kier molecular flexibility index (Phi) is 1.66. The average Bonchev–Trinajstić information content (AvgIpc) is 2.37. The van der Waals surface area contributed by atoms with Crippen LogP contribution in [0.15, 0.2) is 16.8 Å². The average molecular weight is 136 g/mol. The van der Waals surface area contributed by atoms with Crippen molar-refractivity contribution in [3.8, 4) is 12.3 Å². The van der Waals surface area contributed by atoms with E-state index in [4.69, 9.17) is 6.42 Å². The van der Waals surface area contributed by atoms with Crippen molar-refractivity contribution in [1.82, 2.24) is 0 Å². The lowest BCUT2D eigenvalue weighted by atomic mass is 10.2. The van der Waals surface area contributed by atoms with Crippen LogP contribution in [-0.4, -0.2) is 5.78 Å². The minimum atomic E-state index is -0.240. The van der Waals surface area contributed by atoms with E-state index in [1.165, 1.54) is 11.3 Å². The Morgan fingerprint density at radius 2 is 2.56 bits per heavy atom. The number of thiophene rings is 1. The molecule has 1 aromatic rings. The van der Waals surface area contributed by atoms with Gasteiger partial charge in [-0.25, -0.2) is 0 Å². The molecule has 1 nitrogen and oxygen atoms in total. The third-order valence-corrected chi connectivity index (χ3v) is 1.60. The molecule has 0 saturated heterocycles. The third kappa shape index (κ3) is 1.18. The maximum absolute atomic E-state index is 10.6. The molecule has 0 aliphatic carbocycles. The fraction of sp³-hybridized carbons (Fsp3) is 0. The number of terminal acetylenes is 1. The fourth-order valence-electron chi connectivity index (χ4n) is 0.477. The van der Waals surface area contributed by atoms with Gasteiger partial charge in [-0.3, -0.25) is 4.79 Å². The van der Waals surface area contributed by atoms with Crippen molar-refractivity contribution in [2.24, 2.45) is 0 Å². The zero-order valence-electron chi connectivity index (χ0n) is 4.63. The van der Waals surface area contributed by atoms with Crippen LogP contribution in [0.3, 0.4) is 0 Å². The highest BCUT2D eigenvalue weighted by Crippen LogP contribution is 2.05. The Labute approximate surface area is 57.3 Å². The standard InChI is InChI=1S/C7H4OS/c1-2-7(8)6-3-4-9-5-6/h1,3-5H. The van der Waals surface area contributed by atoms with Gasteiger partial charge in [0, 0.05) is 10.9 Å². The summed E-state index contributed by atoms with van der Waals surface area (Å²) in [5, 5.41) is 3.56. The van der Waals surface area contributed by atoms with Crippen LogP contribution in [0.1, 0.15) is 10.4 Å². The van der Waals surface area contributed by atoms with Gasteiger partial charge in [-0.15, -0.1) is 6.42 Å². The molecule has 0 aliphatic rings. The summed E-state index contributed by atoms with van der Waals surface area (Å²) >= 11 is 1.47. The molecule has 0 unspecified atom stereocenters. The van der Waals surface area contributed by atoms with Gasteiger partial charge in [-0.05, 0) is 17.4 Å². The molecule has 0 aromatic carbocycles. The van der Waals surface area contributed by atoms with Crippen molar-refractivity contribution in [3.63, 3.8) is 0 Å². The molecule has 1 aromatic heterocycles. The number of hydrogen-bond acceptors (Lipinski definition) is 2. The number of rotatable bonds is 1. The molecular formula is C7H4OS. The predicted octanol–water partition coefficient (Wildman–Crippen LogP) is 1.56. The molecule has 0 N–H and O–H groups in total. The van der Waals surface area contributed by atoms with Crippen LogP contribution in [0.4, 0.5) is 0 Å². The van der Waals surface area contributed by atoms with Gasteiger partial charge in [0.05, 0.1) is 0 Å². The van der Waals surface area contributed by atoms with Crippen molar-refractivity contribution in [2.45, 2.75) is 0 Å². The Balaban J connectivity index is 2.93. The molecule has 0 aliphatic heterocycles. The first kappa shape index (κ1) is 6.06. The second kappa shape index (κ2) is 2.47. The minimum Gasteiger partial charge on any atom is -0.279 e. The fourth-order valence-corrected chi connectivity index (χ4v) is 1.11. The van der Waals surface area contributed by atoms with Crippen molar-refractivity contribution in [1.29, 1.82) is 0 Å². The highest BCUT2D eigenvalue weighted by atomic mass is 32.1. The zero-order chi connectivity index (χ0) is 6.69. The Bertz CT molecular complexity index is 240. The number of hydrogen-bond donors (Lipinski definition) is 0. The van der Waals surface area contributed by atoms with E-state index >= 15 is 0 Å². The van der Waals surface area contributed by atoms with Crippen LogP contribution in [-0.2, 0) is 0 Å². The van der Waals surface area contributed by atoms with Gasteiger partial charge in [-0.1, -0.05) is 0 Å². The summed E-state index contributed by atoms with van der Waals surface area (Å²) in [6, 6.07) is 1.72. The lowest BCUT2D eigenvalue weighted by molar-refractivity contribution is 0.105. The van der Waals surface area contributed by atoms with E-state index in [1.54, 1.807) is 11.4 Å². The molecule has 0 atom stereocenters. The molecule has 1 rings (SSSR count). The monoisotopic (exact) mass is 136 g/mol. The van der Waals surface area contributed by atoms with Gasteiger partial charge in [0.25, 0.3) is 0 Å². The third-order valence-electron chi connectivity index (χ3n) is 0.914. The van der Waals surface area contributed by atoms with E-state index in [-0.39, 0.29) is 5.78 Å². The van der Waals surface area contributed by atoms with Crippen LogP contribution in [0.5, 0.6) is 0 Å². The van der Waals surface area contributed by atoms with Gasteiger partial charge in [0.15, 0.2) is 0 Å². The minimum absolute atomic E-state index is 0.240. The van der Waals surface area contributed by atoms with E-state index in [0.717, 1.165) is 0 Å². The van der Waals surface area contributed by atoms with Crippen molar-refractivity contribution in [3.05, 3.63) is 22.4 Å². The van der Waals surface area contributed by atoms with E-state index < -0.39 is 0 Å². The summed E-state index contributed by atoms with van der Waals surface area (Å²) in [6.45, 7) is 0. The van der Waals surface area contributed by atoms with E-state index in [2.05, 4.69) is 0 Å². The highest BCUT2D eigenvalue weighted by Gasteiger charge is 1.98. The maximum atomic E-state index is 10.6. The molecule has 0 radical (unpaired) electrons. The van der Waals surface area contributed by atoms with E-state index in [9.17, 15) is 4.79 Å². The molecule has 0 amide bonds. The van der Waals surface area contributed by atoms with Crippen LogP contribution < -0.4 is 0 Å². The molecule has 9 heavy (non-hydrogen) atoms. The Morgan fingerprint density at radius 1 is 1.78 bits per heavy atom. The SMILES string of the molecule is C#CC(=O)c1ccsc1. The summed E-state index contributed by atoms with van der Waals surface area (Å²) in [5.74, 6) is 1.80. The van der Waals surface area contributed by atoms with Gasteiger partial charge < -0.3 is 0 Å². The summed E-state index contributed by atoms with van der Waals surface area (Å²) in [4.78, 5) is 10.6. The first-order valence-electron chi connectivity index (χ1n) is 2.37. The second-order valence-corrected chi connectivity index (χ2v) is 2.27. The van der Waals surface area contributed by atoms with Gasteiger partial charge in [-0.2, -0.15) is 11.3 Å². The maximum Gasteiger partial charge on any atom is 0.236 e. The van der Waals surface area contributed by atoms with E-state index in [1.807, 2.05) is 11.3 Å². The van der Waals surface area contributed by atoms with Crippen molar-refractivity contribution < 1.29 is 4.79 Å². The first-order valence-corrected chi connectivity index (χ1v) is 3.32. The van der Waals surface area contributed by atoms with Crippen LogP contribution >= 0.6 is 11.3 Å². The van der Waals surface area contributed by atoms with Crippen LogP contribution in [0.2, 0.25) is 0 Å². The molecule has 0 saturated carbocycles. The summed E-state index contributed by atoms with van der Waals surface area (Å²) < 4.78 is 0. The van der Waals surface area contributed by atoms with E-state index in [0.29, 0.717) is 5.56 Å². The second-order valence-electron chi connectivity index (χ2n) is 1.49. The molecule has 1 heterocycles. The first-order chi connectivity index (χ1) is 4.34. The van der Waals surface area contributed by atoms with Gasteiger partial charge in [0.2, 0.25) is 5.78 Å². The largest absolute Gasteiger partial charge is 0.279 e. The summed E-state index contributed by atoms with van der Waals surface area (Å²) in [5.41, 5.74) is 0.613. The van der Waals surface area contributed by atoms with Crippen molar-refractivity contribution in [2.75, 3.05) is 0 Å². The van der Waals surface area contributed by atoms with Crippen LogP contribution in [0.25, 0.3) is 0 Å². The number of carbonyl (C=O) groups excluding carboxylic acids is 1. The molecule has 0 bridgehead atoms. The number of carbonyl (C=O) groups is 1. The molecule has 0 fully saturated rings. The Morgan fingerprint density at radius 3 is 3.00 bits per heavy atom.